The quantitative estimate of drug-likeness (QED) is 0.835. The highest BCUT2D eigenvalue weighted by molar-refractivity contribution is 7.90. The van der Waals surface area contributed by atoms with Gasteiger partial charge in [-0.25, -0.2) is 0 Å². The Morgan fingerprint density at radius 3 is 2.81 bits per heavy atom. The third-order valence-electron chi connectivity index (χ3n) is 4.82. The van der Waals surface area contributed by atoms with E-state index in [1.807, 2.05) is 13.0 Å². The van der Waals surface area contributed by atoms with Crippen LogP contribution in [0, 0.1) is 6.92 Å². The molecule has 0 radical (unpaired) electrons. The number of amidine groups is 1. The van der Waals surface area contributed by atoms with Crippen LogP contribution in [0.2, 0.25) is 5.02 Å². The number of aryl methyl sites for hydroxylation is 1. The highest BCUT2D eigenvalue weighted by Crippen LogP contribution is 2.32. The number of likely N-dealkylation sites (tertiary alicyclic amines) is 1. The van der Waals surface area contributed by atoms with Gasteiger partial charge in [-0.1, -0.05) is 29.8 Å². The van der Waals surface area contributed by atoms with E-state index in [2.05, 4.69) is 9.71 Å². The molecule has 1 N–H and O–H groups in total. The Bertz CT molecular complexity index is 1070. The highest BCUT2D eigenvalue weighted by atomic mass is 35.5. The Morgan fingerprint density at radius 1 is 1.26 bits per heavy atom. The molecule has 2 aromatic carbocycles. The Kier molecular flexibility index (Phi) is 4.44. The second-order valence-electron chi connectivity index (χ2n) is 6.71. The van der Waals surface area contributed by atoms with Crippen LogP contribution in [0.4, 0.5) is 5.69 Å². The van der Waals surface area contributed by atoms with Crippen LogP contribution < -0.4 is 5.32 Å². The summed E-state index contributed by atoms with van der Waals surface area (Å²) in [6, 6.07) is 11.6. The van der Waals surface area contributed by atoms with Crippen molar-refractivity contribution in [2.45, 2.75) is 30.7 Å². The first-order valence-corrected chi connectivity index (χ1v) is 10.5. The van der Waals surface area contributed by atoms with E-state index in [-0.39, 0.29) is 10.8 Å². The van der Waals surface area contributed by atoms with Crippen LogP contribution in [0.15, 0.2) is 51.8 Å². The van der Waals surface area contributed by atoms with Crippen LogP contribution in [-0.2, 0) is 14.8 Å². The predicted molar refractivity (Wildman–Crippen MR) is 105 cm³/mol. The van der Waals surface area contributed by atoms with Gasteiger partial charge in [-0.2, -0.15) is 8.42 Å². The zero-order valence-corrected chi connectivity index (χ0v) is 16.2. The molecule has 1 atom stereocenters. The zero-order valence-electron chi connectivity index (χ0n) is 14.6. The van der Waals surface area contributed by atoms with Crippen LogP contribution >= 0.6 is 11.6 Å². The summed E-state index contributed by atoms with van der Waals surface area (Å²) in [6.07, 6.45) is 1.40. The number of nitrogens with zero attached hydrogens (tertiary/aromatic N) is 2. The molecule has 2 heterocycles. The third kappa shape index (κ3) is 3.21. The van der Waals surface area contributed by atoms with Crippen molar-refractivity contribution in [1.82, 2.24) is 4.90 Å². The maximum atomic E-state index is 12.9. The predicted octanol–water partition coefficient (Wildman–Crippen LogP) is 3.20. The fourth-order valence-corrected chi connectivity index (χ4v) is 5.03. The number of fused-ring (bicyclic) bond motifs is 1. The molecule has 1 saturated heterocycles. The molecule has 0 saturated carbocycles. The van der Waals surface area contributed by atoms with Gasteiger partial charge in [0, 0.05) is 12.1 Å². The summed E-state index contributed by atoms with van der Waals surface area (Å²) in [4.78, 5) is 14.8. The normalized spacial score (nSPS) is 20.3. The molecule has 2 aliphatic rings. The summed E-state index contributed by atoms with van der Waals surface area (Å²) in [6.45, 7) is 2.49. The van der Waals surface area contributed by atoms with Crippen molar-refractivity contribution in [3.05, 3.63) is 58.6 Å². The van der Waals surface area contributed by atoms with E-state index in [4.69, 9.17) is 11.6 Å². The molecule has 1 fully saturated rings. The molecule has 27 heavy (non-hydrogen) atoms. The fraction of sp³-hybridized carbons (Fsp3) is 0.263. The standard InChI is InChI=1S/C19H18ClN3O3S/c1-12-8-9-15(14(20)11-12)21-19(24)16-6-4-10-23(16)18-13-5-2-3-7-17(13)27(25,26)22-18/h2-3,5,7-9,11,16H,4,6,10H2,1H3,(H,21,24)/t16-/m0/s1. The second-order valence-corrected chi connectivity index (χ2v) is 8.69. The number of anilines is 1. The summed E-state index contributed by atoms with van der Waals surface area (Å²) >= 11 is 6.22. The third-order valence-corrected chi connectivity index (χ3v) is 6.46. The van der Waals surface area contributed by atoms with E-state index in [0.717, 1.165) is 12.0 Å². The zero-order chi connectivity index (χ0) is 19.2. The Labute approximate surface area is 162 Å². The van der Waals surface area contributed by atoms with E-state index in [9.17, 15) is 13.2 Å². The molecule has 4 rings (SSSR count). The van der Waals surface area contributed by atoms with Gasteiger partial charge in [0.25, 0.3) is 10.0 Å². The van der Waals surface area contributed by atoms with E-state index < -0.39 is 16.1 Å². The lowest BCUT2D eigenvalue weighted by Gasteiger charge is -2.25. The Balaban J connectivity index is 1.62. The van der Waals surface area contributed by atoms with Crippen LogP contribution in [-0.4, -0.2) is 37.6 Å². The van der Waals surface area contributed by atoms with Crippen LogP contribution in [0.25, 0.3) is 0 Å². The molecule has 2 aromatic rings. The SMILES string of the molecule is Cc1ccc(NC(=O)[C@@H]2CCCN2C2=NS(=O)(=O)c3ccccc32)c(Cl)c1. The van der Waals surface area contributed by atoms with Gasteiger partial charge in [0.15, 0.2) is 5.84 Å². The maximum Gasteiger partial charge on any atom is 0.285 e. The smallest absolute Gasteiger partial charge is 0.285 e. The first-order valence-electron chi connectivity index (χ1n) is 8.65. The van der Waals surface area contributed by atoms with Crippen molar-refractivity contribution in [3.63, 3.8) is 0 Å². The first-order chi connectivity index (χ1) is 12.9. The topological polar surface area (TPSA) is 78.8 Å². The average molecular weight is 404 g/mol. The van der Waals surface area contributed by atoms with Gasteiger partial charge in [-0.3, -0.25) is 4.79 Å². The summed E-state index contributed by atoms with van der Waals surface area (Å²) in [5, 5.41) is 3.33. The average Bonchev–Trinajstić information content (AvgIpc) is 3.21. The van der Waals surface area contributed by atoms with Crippen LogP contribution in [0.5, 0.6) is 0 Å². The van der Waals surface area contributed by atoms with Crippen molar-refractivity contribution in [3.8, 4) is 0 Å². The number of carbonyl (C=O) groups is 1. The summed E-state index contributed by atoms with van der Waals surface area (Å²) in [5.41, 5.74) is 2.09. The van der Waals surface area contributed by atoms with Gasteiger partial charge in [-0.05, 0) is 49.6 Å². The molecule has 0 unspecified atom stereocenters. The second kappa shape index (κ2) is 6.65. The highest BCUT2D eigenvalue weighted by Gasteiger charge is 2.39. The van der Waals surface area contributed by atoms with Crippen molar-refractivity contribution in [2.24, 2.45) is 4.40 Å². The lowest BCUT2D eigenvalue weighted by atomic mass is 10.1. The number of halogens is 1. The van der Waals surface area contributed by atoms with E-state index in [1.54, 1.807) is 41.3 Å². The molecule has 8 heteroatoms. The Hall–Kier alpha value is -2.38. The minimum absolute atomic E-state index is 0.188. The van der Waals surface area contributed by atoms with Crippen molar-refractivity contribution < 1.29 is 13.2 Å². The number of rotatable bonds is 2. The number of amides is 1. The van der Waals surface area contributed by atoms with E-state index >= 15 is 0 Å². The monoisotopic (exact) mass is 403 g/mol. The molecule has 1 amide bonds. The van der Waals surface area contributed by atoms with Crippen molar-refractivity contribution >= 4 is 39.1 Å². The summed E-state index contributed by atoms with van der Waals surface area (Å²) < 4.78 is 28.6. The molecule has 2 aliphatic heterocycles. The Morgan fingerprint density at radius 2 is 2.04 bits per heavy atom. The summed E-state index contributed by atoms with van der Waals surface area (Å²) in [5.74, 6) is 0.126. The van der Waals surface area contributed by atoms with Gasteiger partial charge in [0.1, 0.15) is 10.9 Å². The van der Waals surface area contributed by atoms with E-state index in [0.29, 0.717) is 35.1 Å². The number of benzene rings is 2. The number of carbonyl (C=O) groups excluding carboxylic acids is 1. The first kappa shape index (κ1) is 18.0. The molecule has 0 bridgehead atoms. The van der Waals surface area contributed by atoms with Gasteiger partial charge >= 0.3 is 0 Å². The molecule has 0 spiro atoms. The van der Waals surface area contributed by atoms with Crippen molar-refractivity contribution in [2.75, 3.05) is 11.9 Å². The van der Waals surface area contributed by atoms with Crippen molar-refractivity contribution in [1.29, 1.82) is 0 Å². The van der Waals surface area contributed by atoms with Gasteiger partial charge in [-0.15, -0.1) is 4.40 Å². The fourth-order valence-electron chi connectivity index (χ4n) is 3.53. The van der Waals surface area contributed by atoms with Crippen LogP contribution in [0.3, 0.4) is 0 Å². The largest absolute Gasteiger partial charge is 0.343 e. The molecule has 6 nitrogen and oxygen atoms in total. The molecule has 140 valence electrons. The van der Waals surface area contributed by atoms with Crippen LogP contribution in [0.1, 0.15) is 24.0 Å². The van der Waals surface area contributed by atoms with Gasteiger partial charge < -0.3 is 10.2 Å². The lowest BCUT2D eigenvalue weighted by Crippen LogP contribution is -2.43. The maximum absolute atomic E-state index is 12.9. The minimum Gasteiger partial charge on any atom is -0.343 e. The van der Waals surface area contributed by atoms with Gasteiger partial charge in [0.2, 0.25) is 5.91 Å². The van der Waals surface area contributed by atoms with E-state index in [1.165, 1.54) is 0 Å². The molecule has 0 aromatic heterocycles. The number of sulfonamides is 1. The number of hydrogen-bond donors (Lipinski definition) is 1. The van der Waals surface area contributed by atoms with Gasteiger partial charge in [0.05, 0.1) is 10.7 Å². The molecular weight excluding hydrogens is 386 g/mol. The number of nitrogens with one attached hydrogen (secondary N) is 1. The minimum atomic E-state index is -3.72. The number of hydrogen-bond acceptors (Lipinski definition) is 4. The molecule has 0 aliphatic carbocycles. The molecular formula is C19H18ClN3O3S. The summed E-state index contributed by atoms with van der Waals surface area (Å²) in [7, 11) is -3.72. The lowest BCUT2D eigenvalue weighted by molar-refractivity contribution is -0.119.